The minimum absolute atomic E-state index is 0.0847. The van der Waals surface area contributed by atoms with E-state index in [0.29, 0.717) is 17.7 Å². The predicted octanol–water partition coefficient (Wildman–Crippen LogP) is 2.45. The third-order valence-electron chi connectivity index (χ3n) is 4.79. The molecule has 1 aliphatic heterocycles. The third kappa shape index (κ3) is 3.64. The fourth-order valence-electron chi connectivity index (χ4n) is 3.31. The minimum atomic E-state index is -0.0847. The number of carbonyl (C=O) groups excluding carboxylic acids is 1. The Hall–Kier alpha value is -1.36. The average molecular weight is 291 g/mol. The minimum Gasteiger partial charge on any atom is -0.448 e. The number of carbonyl (C=O) groups is 1. The number of nitrogens with one attached hydrogen (secondary N) is 2. The second-order valence-corrected chi connectivity index (χ2v) is 6.53. The first-order valence-corrected chi connectivity index (χ1v) is 8.19. The molecular weight excluding hydrogens is 266 g/mol. The van der Waals surface area contributed by atoms with Gasteiger partial charge in [-0.1, -0.05) is 6.92 Å². The fraction of sp³-hybridized carbons (Fsp3) is 0.750. The van der Waals surface area contributed by atoms with Gasteiger partial charge in [0.25, 0.3) is 5.91 Å². The highest BCUT2D eigenvalue weighted by Crippen LogP contribution is 2.25. The molecule has 1 amide bonds. The summed E-state index contributed by atoms with van der Waals surface area (Å²) in [5, 5.41) is 6.42. The molecule has 3 rings (SSSR count). The summed E-state index contributed by atoms with van der Waals surface area (Å²) in [4.78, 5) is 16.7. The lowest BCUT2D eigenvalue weighted by atomic mass is 9.87. The van der Waals surface area contributed by atoms with Crippen molar-refractivity contribution in [2.45, 2.75) is 57.4 Å². The van der Waals surface area contributed by atoms with Gasteiger partial charge in [-0.25, -0.2) is 4.98 Å². The predicted molar refractivity (Wildman–Crippen MR) is 80.2 cm³/mol. The van der Waals surface area contributed by atoms with Crippen LogP contribution in [0.5, 0.6) is 0 Å². The highest BCUT2D eigenvalue weighted by Gasteiger charge is 2.24. The van der Waals surface area contributed by atoms with Gasteiger partial charge in [0.2, 0.25) is 0 Å². The zero-order valence-electron chi connectivity index (χ0n) is 12.7. The van der Waals surface area contributed by atoms with Crippen molar-refractivity contribution in [2.24, 2.45) is 5.92 Å². The Labute approximate surface area is 125 Å². The molecule has 1 aromatic heterocycles. The van der Waals surface area contributed by atoms with E-state index in [0.717, 1.165) is 50.6 Å². The molecule has 0 aromatic carbocycles. The smallest absolute Gasteiger partial charge is 0.273 e. The Kier molecular flexibility index (Phi) is 4.58. The SMILES string of the molecule is CC1CCC(NC(=O)c2coc(C3CCNCC3)n2)CC1. The second-order valence-electron chi connectivity index (χ2n) is 6.53. The maximum Gasteiger partial charge on any atom is 0.273 e. The van der Waals surface area contributed by atoms with E-state index in [-0.39, 0.29) is 5.91 Å². The molecular formula is C16H25N3O2. The van der Waals surface area contributed by atoms with Gasteiger partial charge in [-0.2, -0.15) is 0 Å². The number of amides is 1. The molecule has 1 aliphatic carbocycles. The Balaban J connectivity index is 1.56. The van der Waals surface area contributed by atoms with E-state index in [9.17, 15) is 4.79 Å². The average Bonchev–Trinajstić information content (AvgIpc) is 3.00. The Bertz CT molecular complexity index is 472. The van der Waals surface area contributed by atoms with Crippen molar-refractivity contribution in [1.29, 1.82) is 0 Å². The summed E-state index contributed by atoms with van der Waals surface area (Å²) in [5.41, 5.74) is 0.433. The summed E-state index contributed by atoms with van der Waals surface area (Å²) in [6.45, 7) is 4.27. The Morgan fingerprint density at radius 2 is 1.95 bits per heavy atom. The summed E-state index contributed by atoms with van der Waals surface area (Å²) in [6.07, 6.45) is 8.12. The quantitative estimate of drug-likeness (QED) is 0.897. The number of aromatic nitrogens is 1. The van der Waals surface area contributed by atoms with E-state index in [1.165, 1.54) is 19.1 Å². The summed E-state index contributed by atoms with van der Waals surface area (Å²) < 4.78 is 5.53. The van der Waals surface area contributed by atoms with E-state index in [1.54, 1.807) is 0 Å². The van der Waals surface area contributed by atoms with Crippen molar-refractivity contribution in [1.82, 2.24) is 15.6 Å². The molecule has 0 spiro atoms. The van der Waals surface area contributed by atoms with Crippen LogP contribution in [0.15, 0.2) is 10.7 Å². The molecule has 0 atom stereocenters. The molecule has 2 aliphatic rings. The van der Waals surface area contributed by atoms with E-state index in [2.05, 4.69) is 22.5 Å². The van der Waals surface area contributed by atoms with Crippen LogP contribution in [0.1, 0.15) is 67.7 Å². The molecule has 1 saturated carbocycles. The van der Waals surface area contributed by atoms with Crippen LogP contribution in [0.2, 0.25) is 0 Å². The molecule has 2 N–H and O–H groups in total. The van der Waals surface area contributed by atoms with Gasteiger partial charge in [0.05, 0.1) is 0 Å². The normalized spacial score (nSPS) is 27.5. The molecule has 2 heterocycles. The molecule has 0 unspecified atom stereocenters. The molecule has 0 bridgehead atoms. The van der Waals surface area contributed by atoms with Crippen LogP contribution < -0.4 is 10.6 Å². The fourth-order valence-corrected chi connectivity index (χ4v) is 3.31. The molecule has 5 heteroatoms. The standard InChI is InChI=1S/C16H25N3O2/c1-11-2-4-13(5-3-11)18-15(20)14-10-21-16(19-14)12-6-8-17-9-7-12/h10-13,17H,2-9H2,1H3,(H,18,20). The summed E-state index contributed by atoms with van der Waals surface area (Å²) in [5.74, 6) is 1.78. The number of hydrogen-bond donors (Lipinski definition) is 2. The number of rotatable bonds is 3. The zero-order valence-corrected chi connectivity index (χ0v) is 12.7. The van der Waals surface area contributed by atoms with Crippen LogP contribution in [0.3, 0.4) is 0 Å². The van der Waals surface area contributed by atoms with Crippen LogP contribution in [-0.2, 0) is 0 Å². The zero-order chi connectivity index (χ0) is 14.7. The van der Waals surface area contributed by atoms with Crippen molar-refractivity contribution in [2.75, 3.05) is 13.1 Å². The summed E-state index contributed by atoms with van der Waals surface area (Å²) >= 11 is 0. The second kappa shape index (κ2) is 6.60. The Morgan fingerprint density at radius 3 is 2.67 bits per heavy atom. The highest BCUT2D eigenvalue weighted by molar-refractivity contribution is 5.92. The van der Waals surface area contributed by atoms with Crippen LogP contribution in [0.4, 0.5) is 0 Å². The van der Waals surface area contributed by atoms with Crippen LogP contribution in [0.25, 0.3) is 0 Å². The van der Waals surface area contributed by atoms with E-state index < -0.39 is 0 Å². The lowest BCUT2D eigenvalue weighted by Crippen LogP contribution is -2.37. The van der Waals surface area contributed by atoms with E-state index >= 15 is 0 Å². The number of piperidine rings is 1. The van der Waals surface area contributed by atoms with Gasteiger partial charge in [0, 0.05) is 12.0 Å². The number of nitrogens with zero attached hydrogens (tertiary/aromatic N) is 1. The summed E-state index contributed by atoms with van der Waals surface area (Å²) in [7, 11) is 0. The molecule has 1 aromatic rings. The van der Waals surface area contributed by atoms with Crippen molar-refractivity contribution < 1.29 is 9.21 Å². The van der Waals surface area contributed by atoms with Gasteiger partial charge < -0.3 is 15.1 Å². The van der Waals surface area contributed by atoms with Crippen molar-refractivity contribution in [3.8, 4) is 0 Å². The van der Waals surface area contributed by atoms with E-state index in [1.807, 2.05) is 0 Å². The lowest BCUT2D eigenvalue weighted by molar-refractivity contribution is 0.0918. The van der Waals surface area contributed by atoms with Crippen LogP contribution >= 0.6 is 0 Å². The maximum absolute atomic E-state index is 12.2. The highest BCUT2D eigenvalue weighted by atomic mass is 16.3. The molecule has 2 fully saturated rings. The van der Waals surface area contributed by atoms with Gasteiger partial charge >= 0.3 is 0 Å². The topological polar surface area (TPSA) is 67.2 Å². The van der Waals surface area contributed by atoms with Gasteiger partial charge in [0.15, 0.2) is 11.6 Å². The Morgan fingerprint density at radius 1 is 1.24 bits per heavy atom. The summed E-state index contributed by atoms with van der Waals surface area (Å²) in [6, 6.07) is 0.299. The monoisotopic (exact) mass is 291 g/mol. The molecule has 5 nitrogen and oxygen atoms in total. The van der Waals surface area contributed by atoms with Gasteiger partial charge in [-0.05, 0) is 57.5 Å². The molecule has 116 valence electrons. The first-order valence-electron chi connectivity index (χ1n) is 8.19. The van der Waals surface area contributed by atoms with Crippen molar-refractivity contribution >= 4 is 5.91 Å². The van der Waals surface area contributed by atoms with Gasteiger partial charge in [-0.15, -0.1) is 0 Å². The van der Waals surface area contributed by atoms with Crippen molar-refractivity contribution in [3.05, 3.63) is 17.8 Å². The van der Waals surface area contributed by atoms with Crippen molar-refractivity contribution in [3.63, 3.8) is 0 Å². The molecule has 1 saturated heterocycles. The van der Waals surface area contributed by atoms with Gasteiger partial charge in [-0.3, -0.25) is 4.79 Å². The lowest BCUT2D eigenvalue weighted by Gasteiger charge is -2.26. The van der Waals surface area contributed by atoms with Gasteiger partial charge in [0.1, 0.15) is 6.26 Å². The number of oxazole rings is 1. The molecule has 0 radical (unpaired) electrons. The van der Waals surface area contributed by atoms with E-state index in [4.69, 9.17) is 4.42 Å². The maximum atomic E-state index is 12.2. The third-order valence-corrected chi connectivity index (χ3v) is 4.79. The largest absolute Gasteiger partial charge is 0.448 e. The van der Waals surface area contributed by atoms with Crippen LogP contribution in [0, 0.1) is 5.92 Å². The first kappa shape index (κ1) is 14.6. The first-order chi connectivity index (χ1) is 10.2. The number of hydrogen-bond acceptors (Lipinski definition) is 4. The molecule has 21 heavy (non-hydrogen) atoms. The van der Waals surface area contributed by atoms with Crippen LogP contribution in [-0.4, -0.2) is 30.0 Å².